The van der Waals surface area contributed by atoms with E-state index in [-0.39, 0.29) is 28.8 Å². The third-order valence-electron chi connectivity index (χ3n) is 5.47. The Morgan fingerprint density at radius 3 is 2.33 bits per heavy atom. The Bertz CT molecular complexity index is 851. The van der Waals surface area contributed by atoms with Gasteiger partial charge in [0.2, 0.25) is 0 Å². The van der Waals surface area contributed by atoms with Crippen LogP contribution < -0.4 is 0 Å². The van der Waals surface area contributed by atoms with Crippen molar-refractivity contribution in [2.45, 2.75) is 37.5 Å². The minimum atomic E-state index is -4.56. The highest BCUT2D eigenvalue weighted by Gasteiger charge is 2.38. The van der Waals surface area contributed by atoms with E-state index in [1.54, 1.807) is 12.1 Å². The second-order valence-electron chi connectivity index (χ2n) is 7.46. The van der Waals surface area contributed by atoms with Gasteiger partial charge in [0, 0.05) is 25.1 Å². The number of ketones is 1. The largest absolute Gasteiger partial charge is 0.417 e. The van der Waals surface area contributed by atoms with Crippen LogP contribution in [0.3, 0.4) is 0 Å². The normalized spacial score (nSPS) is 16.7. The van der Waals surface area contributed by atoms with Gasteiger partial charge in [-0.3, -0.25) is 4.79 Å². The zero-order chi connectivity index (χ0) is 21.1. The van der Waals surface area contributed by atoms with Gasteiger partial charge in [0.1, 0.15) is 0 Å². The molecule has 0 amide bonds. The van der Waals surface area contributed by atoms with Gasteiger partial charge in [-0.25, -0.2) is 0 Å². The molecule has 0 bridgehead atoms. The number of piperidine rings is 1. The number of benzene rings is 2. The fraction of sp³-hybridized carbons (Fsp3) is 0.409. The summed E-state index contributed by atoms with van der Waals surface area (Å²) in [5, 5.41) is 10.5. The summed E-state index contributed by atoms with van der Waals surface area (Å²) in [6.45, 7) is 1.82. The Labute approximate surface area is 185 Å². The van der Waals surface area contributed by atoms with Gasteiger partial charge in [-0.15, -0.1) is 12.4 Å². The molecule has 30 heavy (non-hydrogen) atoms. The van der Waals surface area contributed by atoms with Gasteiger partial charge in [-0.05, 0) is 43.5 Å². The Hall–Kier alpha value is -1.60. The standard InChI is InChI=1S/C22H23ClF3NO2.ClH/c23-19-9-8-17(15-18(19)22(24,25)26)21(29)10-13-27(14-11-21)12-4-7-20(28)16-5-2-1-3-6-16;/h1-3,5-6,8-9,15,29H,4,7,10-14H2;1H. The number of nitrogens with zero attached hydrogens (tertiary/aromatic N) is 1. The monoisotopic (exact) mass is 461 g/mol. The number of carbonyl (C=O) groups is 1. The van der Waals surface area contributed by atoms with E-state index in [4.69, 9.17) is 11.6 Å². The van der Waals surface area contributed by atoms with Gasteiger partial charge in [-0.2, -0.15) is 13.2 Å². The van der Waals surface area contributed by atoms with Crippen LogP contribution in [0, 0.1) is 0 Å². The Kier molecular flexibility index (Phi) is 8.34. The maximum Gasteiger partial charge on any atom is 0.417 e. The molecule has 1 heterocycles. The smallest absolute Gasteiger partial charge is 0.385 e. The van der Waals surface area contributed by atoms with Crippen molar-refractivity contribution in [3.05, 3.63) is 70.2 Å². The van der Waals surface area contributed by atoms with Crippen molar-refractivity contribution in [3.63, 3.8) is 0 Å². The number of halogens is 5. The predicted octanol–water partition coefficient (Wildman–Crippen LogP) is 5.73. The van der Waals surface area contributed by atoms with Crippen LogP contribution in [0.5, 0.6) is 0 Å². The van der Waals surface area contributed by atoms with E-state index in [1.165, 1.54) is 12.1 Å². The van der Waals surface area contributed by atoms with Crippen LogP contribution in [-0.2, 0) is 11.8 Å². The zero-order valence-corrected chi connectivity index (χ0v) is 17.9. The van der Waals surface area contributed by atoms with E-state index in [2.05, 4.69) is 4.90 Å². The summed E-state index contributed by atoms with van der Waals surface area (Å²) in [6.07, 6.45) is -2.76. The third-order valence-corrected chi connectivity index (χ3v) is 5.80. The number of hydrogen-bond acceptors (Lipinski definition) is 3. The van der Waals surface area contributed by atoms with E-state index in [1.807, 2.05) is 18.2 Å². The van der Waals surface area contributed by atoms with Crippen LogP contribution in [-0.4, -0.2) is 35.4 Å². The maximum atomic E-state index is 13.1. The van der Waals surface area contributed by atoms with E-state index in [9.17, 15) is 23.1 Å². The topological polar surface area (TPSA) is 40.5 Å². The van der Waals surface area contributed by atoms with Crippen LogP contribution in [0.2, 0.25) is 5.02 Å². The summed E-state index contributed by atoms with van der Waals surface area (Å²) in [5.41, 5.74) is -1.29. The number of hydrogen-bond donors (Lipinski definition) is 1. The van der Waals surface area contributed by atoms with E-state index >= 15 is 0 Å². The quantitative estimate of drug-likeness (QED) is 0.558. The highest BCUT2D eigenvalue weighted by Crippen LogP contribution is 2.39. The second-order valence-corrected chi connectivity index (χ2v) is 7.87. The molecule has 1 N–H and O–H groups in total. The number of likely N-dealkylation sites (tertiary alicyclic amines) is 1. The van der Waals surface area contributed by atoms with Crippen molar-refractivity contribution in [1.29, 1.82) is 0 Å². The van der Waals surface area contributed by atoms with Gasteiger partial charge in [0.25, 0.3) is 0 Å². The first-order valence-electron chi connectivity index (χ1n) is 9.59. The van der Waals surface area contributed by atoms with Crippen LogP contribution >= 0.6 is 24.0 Å². The molecule has 2 aromatic carbocycles. The summed E-state index contributed by atoms with van der Waals surface area (Å²) in [7, 11) is 0. The lowest BCUT2D eigenvalue weighted by atomic mass is 9.83. The van der Waals surface area contributed by atoms with Crippen molar-refractivity contribution in [2.24, 2.45) is 0 Å². The van der Waals surface area contributed by atoms with Crippen LogP contribution in [0.1, 0.15) is 47.2 Å². The lowest BCUT2D eigenvalue weighted by Crippen LogP contribution is -2.43. The fourth-order valence-electron chi connectivity index (χ4n) is 3.70. The molecule has 0 unspecified atom stereocenters. The summed E-state index contributed by atoms with van der Waals surface area (Å²) in [6, 6.07) is 12.7. The molecule has 0 aliphatic carbocycles. The lowest BCUT2D eigenvalue weighted by Gasteiger charge is -2.38. The SMILES string of the molecule is Cl.O=C(CCCN1CCC(O)(c2ccc(Cl)c(C(F)(F)F)c2)CC1)c1ccccc1. The molecule has 1 aliphatic rings. The van der Waals surface area contributed by atoms with E-state index in [0.29, 0.717) is 50.9 Å². The van der Waals surface area contributed by atoms with Crippen LogP contribution in [0.25, 0.3) is 0 Å². The molecule has 2 aromatic rings. The average molecular weight is 462 g/mol. The first-order valence-corrected chi connectivity index (χ1v) is 9.97. The van der Waals surface area contributed by atoms with Crippen LogP contribution in [0.4, 0.5) is 13.2 Å². The second kappa shape index (κ2) is 10.1. The summed E-state index contributed by atoms with van der Waals surface area (Å²) >= 11 is 5.68. The molecular formula is C22H24Cl2F3NO2. The van der Waals surface area contributed by atoms with Crippen molar-refractivity contribution < 1.29 is 23.1 Å². The zero-order valence-electron chi connectivity index (χ0n) is 16.3. The Balaban J connectivity index is 0.00000320. The molecule has 8 heteroatoms. The lowest BCUT2D eigenvalue weighted by molar-refractivity contribution is -0.137. The molecule has 0 aromatic heterocycles. The fourth-order valence-corrected chi connectivity index (χ4v) is 3.92. The molecule has 0 spiro atoms. The third kappa shape index (κ3) is 5.97. The molecule has 0 atom stereocenters. The minimum absolute atomic E-state index is 0. The number of aliphatic hydroxyl groups is 1. The van der Waals surface area contributed by atoms with Crippen molar-refractivity contribution in [2.75, 3.05) is 19.6 Å². The Morgan fingerprint density at radius 2 is 1.73 bits per heavy atom. The summed E-state index contributed by atoms with van der Waals surface area (Å²) in [5.74, 6) is 0.0972. The molecule has 1 saturated heterocycles. The number of Topliss-reactive ketones (excluding diaryl/α,β-unsaturated/α-hetero) is 1. The Morgan fingerprint density at radius 1 is 1.10 bits per heavy atom. The van der Waals surface area contributed by atoms with Crippen molar-refractivity contribution in [1.82, 2.24) is 4.90 Å². The van der Waals surface area contributed by atoms with E-state index in [0.717, 1.165) is 6.07 Å². The van der Waals surface area contributed by atoms with Gasteiger partial charge in [-0.1, -0.05) is 48.0 Å². The van der Waals surface area contributed by atoms with Gasteiger partial charge < -0.3 is 10.0 Å². The first kappa shape index (κ1) is 24.7. The number of rotatable bonds is 6. The summed E-state index contributed by atoms with van der Waals surface area (Å²) in [4.78, 5) is 14.3. The van der Waals surface area contributed by atoms with Gasteiger partial charge in [0.15, 0.2) is 5.78 Å². The number of alkyl halides is 3. The highest BCUT2D eigenvalue weighted by molar-refractivity contribution is 6.31. The molecular weight excluding hydrogens is 438 g/mol. The molecule has 3 nitrogen and oxygen atoms in total. The maximum absolute atomic E-state index is 13.1. The minimum Gasteiger partial charge on any atom is -0.385 e. The van der Waals surface area contributed by atoms with Crippen LogP contribution in [0.15, 0.2) is 48.5 Å². The molecule has 0 radical (unpaired) electrons. The molecule has 1 fully saturated rings. The predicted molar refractivity (Wildman–Crippen MR) is 113 cm³/mol. The van der Waals surface area contributed by atoms with Gasteiger partial charge >= 0.3 is 6.18 Å². The molecule has 0 saturated carbocycles. The van der Waals surface area contributed by atoms with E-state index < -0.39 is 17.3 Å². The molecule has 164 valence electrons. The highest BCUT2D eigenvalue weighted by atomic mass is 35.5. The molecule has 1 aliphatic heterocycles. The summed E-state index contributed by atoms with van der Waals surface area (Å²) < 4.78 is 39.3. The van der Waals surface area contributed by atoms with Crippen molar-refractivity contribution >= 4 is 29.8 Å². The average Bonchev–Trinajstić information content (AvgIpc) is 2.69. The number of carbonyl (C=O) groups excluding carboxylic acids is 1. The van der Waals surface area contributed by atoms with Gasteiger partial charge in [0.05, 0.1) is 16.2 Å². The molecule has 3 rings (SSSR count). The first-order chi connectivity index (χ1) is 13.7. The van der Waals surface area contributed by atoms with Crippen molar-refractivity contribution in [3.8, 4) is 0 Å².